The second kappa shape index (κ2) is 7.48. The third-order valence-corrected chi connectivity index (χ3v) is 4.95. The zero-order chi connectivity index (χ0) is 17.9. The first-order valence-corrected chi connectivity index (χ1v) is 9.16. The van der Waals surface area contributed by atoms with Gasteiger partial charge in [0, 0.05) is 30.3 Å². The Hall–Kier alpha value is -2.37. The number of nitrogens with one attached hydrogen (secondary N) is 1. The van der Waals surface area contributed by atoms with Crippen LogP contribution in [0.4, 0.5) is 0 Å². The SMILES string of the molecule is O=C(NCCC1CCO1)c1ccc2c(c1)ncn2Cc1ccc(Cl)cc1. The van der Waals surface area contributed by atoms with Gasteiger partial charge in [0.1, 0.15) is 0 Å². The molecule has 4 rings (SSSR count). The van der Waals surface area contributed by atoms with E-state index in [2.05, 4.69) is 14.9 Å². The highest BCUT2D eigenvalue weighted by Crippen LogP contribution is 2.18. The lowest BCUT2D eigenvalue weighted by Gasteiger charge is -2.26. The summed E-state index contributed by atoms with van der Waals surface area (Å²) in [5, 5.41) is 3.67. The van der Waals surface area contributed by atoms with E-state index in [0.29, 0.717) is 24.8 Å². The predicted molar refractivity (Wildman–Crippen MR) is 102 cm³/mol. The van der Waals surface area contributed by atoms with Crippen molar-refractivity contribution < 1.29 is 9.53 Å². The molecule has 2 heterocycles. The summed E-state index contributed by atoms with van der Waals surface area (Å²) in [7, 11) is 0. The fraction of sp³-hybridized carbons (Fsp3) is 0.300. The molecular formula is C20H20ClN3O2. The van der Waals surface area contributed by atoms with Crippen LogP contribution in [0.25, 0.3) is 11.0 Å². The number of carbonyl (C=O) groups is 1. The molecule has 1 saturated heterocycles. The zero-order valence-corrected chi connectivity index (χ0v) is 15.1. The Bertz CT molecular complexity index is 916. The number of hydrogen-bond donors (Lipinski definition) is 1. The molecule has 0 aliphatic carbocycles. The molecular weight excluding hydrogens is 350 g/mol. The highest BCUT2D eigenvalue weighted by molar-refractivity contribution is 6.30. The molecule has 3 aromatic rings. The standard InChI is InChI=1S/C20H20ClN3O2/c21-16-4-1-14(2-5-16)12-24-13-23-18-11-15(3-6-19(18)24)20(25)22-9-7-17-8-10-26-17/h1-6,11,13,17H,7-10,12H2,(H,22,25). The summed E-state index contributed by atoms with van der Waals surface area (Å²) in [6.07, 6.45) is 4.06. The quantitative estimate of drug-likeness (QED) is 0.721. The minimum atomic E-state index is -0.0709. The van der Waals surface area contributed by atoms with Crippen LogP contribution in [0.1, 0.15) is 28.8 Å². The van der Waals surface area contributed by atoms with Crippen molar-refractivity contribution in [3.63, 3.8) is 0 Å². The Morgan fingerprint density at radius 2 is 2.08 bits per heavy atom. The maximum Gasteiger partial charge on any atom is 0.251 e. The number of carbonyl (C=O) groups excluding carboxylic acids is 1. The van der Waals surface area contributed by atoms with E-state index >= 15 is 0 Å². The van der Waals surface area contributed by atoms with Gasteiger partial charge in [0.05, 0.1) is 23.5 Å². The number of amides is 1. The van der Waals surface area contributed by atoms with Crippen molar-refractivity contribution in [1.82, 2.24) is 14.9 Å². The average Bonchev–Trinajstić information content (AvgIpc) is 3.01. The van der Waals surface area contributed by atoms with Crippen LogP contribution in [-0.2, 0) is 11.3 Å². The maximum atomic E-state index is 12.3. The second-order valence-corrected chi connectivity index (χ2v) is 6.96. The second-order valence-electron chi connectivity index (χ2n) is 6.53. The molecule has 0 bridgehead atoms. The highest BCUT2D eigenvalue weighted by atomic mass is 35.5. The zero-order valence-electron chi connectivity index (χ0n) is 14.3. The molecule has 1 aliphatic heterocycles. The van der Waals surface area contributed by atoms with Gasteiger partial charge in [-0.05, 0) is 48.7 Å². The molecule has 0 radical (unpaired) electrons. The number of benzene rings is 2. The summed E-state index contributed by atoms with van der Waals surface area (Å²) in [4.78, 5) is 16.8. The molecule has 26 heavy (non-hydrogen) atoms. The van der Waals surface area contributed by atoms with Gasteiger partial charge >= 0.3 is 0 Å². The number of aromatic nitrogens is 2. The summed E-state index contributed by atoms with van der Waals surface area (Å²) in [5.41, 5.74) is 3.59. The van der Waals surface area contributed by atoms with Gasteiger partial charge in [0.2, 0.25) is 0 Å². The predicted octanol–water partition coefficient (Wildman–Crippen LogP) is 3.65. The molecule has 1 amide bonds. The van der Waals surface area contributed by atoms with Crippen molar-refractivity contribution in [1.29, 1.82) is 0 Å². The molecule has 1 fully saturated rings. The Morgan fingerprint density at radius 1 is 1.27 bits per heavy atom. The molecule has 134 valence electrons. The Labute approximate surface area is 156 Å². The largest absolute Gasteiger partial charge is 0.378 e. The molecule has 1 aromatic heterocycles. The minimum absolute atomic E-state index is 0.0709. The molecule has 1 atom stereocenters. The number of hydrogen-bond acceptors (Lipinski definition) is 3. The number of halogens is 1. The fourth-order valence-electron chi connectivity index (χ4n) is 3.08. The van der Waals surface area contributed by atoms with Crippen molar-refractivity contribution in [2.75, 3.05) is 13.2 Å². The summed E-state index contributed by atoms with van der Waals surface area (Å²) in [6.45, 7) is 2.18. The smallest absolute Gasteiger partial charge is 0.251 e. The van der Waals surface area contributed by atoms with Crippen LogP contribution in [0, 0.1) is 0 Å². The Kier molecular flexibility index (Phi) is 4.91. The van der Waals surface area contributed by atoms with Crippen LogP contribution in [0.5, 0.6) is 0 Å². The van der Waals surface area contributed by atoms with E-state index in [1.807, 2.05) is 42.5 Å². The third-order valence-electron chi connectivity index (χ3n) is 4.69. The summed E-state index contributed by atoms with van der Waals surface area (Å²) < 4.78 is 7.43. The monoisotopic (exact) mass is 369 g/mol. The maximum absolute atomic E-state index is 12.3. The third kappa shape index (κ3) is 3.74. The Morgan fingerprint density at radius 3 is 2.81 bits per heavy atom. The van der Waals surface area contributed by atoms with Gasteiger partial charge in [-0.15, -0.1) is 0 Å². The number of ether oxygens (including phenoxy) is 1. The van der Waals surface area contributed by atoms with E-state index < -0.39 is 0 Å². The van der Waals surface area contributed by atoms with Crippen LogP contribution >= 0.6 is 11.6 Å². The normalized spacial score (nSPS) is 16.4. The van der Waals surface area contributed by atoms with E-state index in [1.54, 1.807) is 6.33 Å². The van der Waals surface area contributed by atoms with Crippen molar-refractivity contribution in [2.45, 2.75) is 25.5 Å². The lowest BCUT2D eigenvalue weighted by atomic mass is 10.1. The molecule has 0 spiro atoms. The lowest BCUT2D eigenvalue weighted by Crippen LogP contribution is -2.33. The first-order valence-electron chi connectivity index (χ1n) is 8.78. The van der Waals surface area contributed by atoms with Crippen molar-refractivity contribution in [3.8, 4) is 0 Å². The fourth-order valence-corrected chi connectivity index (χ4v) is 3.20. The van der Waals surface area contributed by atoms with Gasteiger partial charge in [-0.2, -0.15) is 0 Å². The van der Waals surface area contributed by atoms with Crippen LogP contribution in [0.3, 0.4) is 0 Å². The van der Waals surface area contributed by atoms with Crippen LogP contribution in [0.2, 0.25) is 5.02 Å². The number of nitrogens with zero attached hydrogens (tertiary/aromatic N) is 2. The summed E-state index contributed by atoms with van der Waals surface area (Å²) in [5.74, 6) is -0.0709. The van der Waals surface area contributed by atoms with Crippen molar-refractivity contribution in [2.24, 2.45) is 0 Å². The van der Waals surface area contributed by atoms with Crippen molar-refractivity contribution in [3.05, 3.63) is 64.9 Å². The minimum Gasteiger partial charge on any atom is -0.378 e. The Balaban J connectivity index is 1.44. The first kappa shape index (κ1) is 17.1. The van der Waals surface area contributed by atoms with Crippen LogP contribution in [0.15, 0.2) is 48.8 Å². The summed E-state index contributed by atoms with van der Waals surface area (Å²) in [6, 6.07) is 13.4. The average molecular weight is 370 g/mol. The molecule has 5 nitrogen and oxygen atoms in total. The van der Waals surface area contributed by atoms with Crippen LogP contribution in [-0.4, -0.2) is 34.7 Å². The van der Waals surface area contributed by atoms with Crippen molar-refractivity contribution >= 4 is 28.5 Å². The van der Waals surface area contributed by atoms with Gasteiger partial charge in [0.15, 0.2) is 0 Å². The summed E-state index contributed by atoms with van der Waals surface area (Å²) >= 11 is 5.94. The van der Waals surface area contributed by atoms with Gasteiger partial charge < -0.3 is 14.6 Å². The van der Waals surface area contributed by atoms with E-state index in [4.69, 9.17) is 16.3 Å². The van der Waals surface area contributed by atoms with E-state index in [9.17, 15) is 4.79 Å². The van der Waals surface area contributed by atoms with E-state index in [0.717, 1.165) is 41.1 Å². The van der Waals surface area contributed by atoms with E-state index in [-0.39, 0.29) is 5.91 Å². The van der Waals surface area contributed by atoms with Gasteiger partial charge in [-0.1, -0.05) is 23.7 Å². The number of rotatable bonds is 6. The molecule has 1 aliphatic rings. The van der Waals surface area contributed by atoms with Crippen LogP contribution < -0.4 is 5.32 Å². The first-order chi connectivity index (χ1) is 12.7. The molecule has 6 heteroatoms. The number of imidazole rings is 1. The molecule has 2 aromatic carbocycles. The highest BCUT2D eigenvalue weighted by Gasteiger charge is 2.18. The molecule has 1 N–H and O–H groups in total. The van der Waals surface area contributed by atoms with Gasteiger partial charge in [0.25, 0.3) is 5.91 Å². The molecule has 1 unspecified atom stereocenters. The number of fused-ring (bicyclic) bond motifs is 1. The topological polar surface area (TPSA) is 56.1 Å². The molecule has 0 saturated carbocycles. The van der Waals surface area contributed by atoms with Gasteiger partial charge in [-0.25, -0.2) is 4.98 Å². The lowest BCUT2D eigenvalue weighted by molar-refractivity contribution is -0.0536. The van der Waals surface area contributed by atoms with E-state index in [1.165, 1.54) is 0 Å². The van der Waals surface area contributed by atoms with Gasteiger partial charge in [-0.3, -0.25) is 4.79 Å².